The average molecular weight is 688 g/mol. The van der Waals surface area contributed by atoms with Crippen LogP contribution in [0.1, 0.15) is 128 Å². The number of hydrogen-bond acceptors (Lipinski definition) is 9. The number of carbonyl (C=O) groups is 4. The fraction of sp³-hybridized carbons (Fsp3) is 0.886. The van der Waals surface area contributed by atoms with Gasteiger partial charge in [0, 0.05) is 30.7 Å². The van der Waals surface area contributed by atoms with E-state index >= 15 is 0 Å². The highest BCUT2D eigenvalue weighted by molar-refractivity contribution is 5.87. The summed E-state index contributed by atoms with van der Waals surface area (Å²) < 4.78 is 0. The average Bonchev–Trinajstić information content (AvgIpc) is 3.33. The van der Waals surface area contributed by atoms with Crippen LogP contribution in [0, 0.1) is 11.8 Å². The predicted octanol–water partition coefficient (Wildman–Crippen LogP) is 1.64. The Balaban J connectivity index is 0.000000610. The number of aliphatic hydroxyl groups excluding tert-OH is 1. The highest BCUT2D eigenvalue weighted by Crippen LogP contribution is 2.37. The highest BCUT2D eigenvalue weighted by atomic mass is 16.3. The van der Waals surface area contributed by atoms with Crippen molar-refractivity contribution in [3.05, 3.63) is 0 Å². The third-order valence-corrected chi connectivity index (χ3v) is 8.51. The second-order valence-corrected chi connectivity index (χ2v) is 15.1. The fourth-order valence-corrected chi connectivity index (χ4v) is 5.42. The molecular formula is C35H69N5O8. The van der Waals surface area contributed by atoms with Crippen LogP contribution >= 0.6 is 0 Å². The van der Waals surface area contributed by atoms with Crippen molar-refractivity contribution < 1.29 is 39.6 Å². The molecule has 13 heteroatoms. The SMILES string of the molecule is C.CC(C)NC(=O)C(O)C1CCC1.CC(C)NC(=O)C1(O)CCC1.CC(C)NC(=O)C1(O)CCNC1.CC1CC(O)(C(=O)NC(C)C)C1. The molecule has 2 atom stereocenters. The molecule has 0 radical (unpaired) electrons. The van der Waals surface area contributed by atoms with Crippen molar-refractivity contribution in [2.24, 2.45) is 11.8 Å². The van der Waals surface area contributed by atoms with Gasteiger partial charge >= 0.3 is 0 Å². The minimum Gasteiger partial charge on any atom is -0.383 e. The van der Waals surface area contributed by atoms with Crippen molar-refractivity contribution in [1.29, 1.82) is 0 Å². The zero-order valence-corrected chi connectivity index (χ0v) is 30.2. The maximum Gasteiger partial charge on any atom is 0.253 e. The second kappa shape index (κ2) is 20.4. The van der Waals surface area contributed by atoms with E-state index in [4.69, 9.17) is 0 Å². The minimum absolute atomic E-state index is 0. The molecule has 4 aliphatic rings. The van der Waals surface area contributed by atoms with E-state index in [2.05, 4.69) is 26.6 Å². The standard InChI is InChI=1S/2C9H17NO2.C8H16N2O2.C8H15NO2.CH4/c1-6(2)10-8(11)9(12)4-7(3)5-9;1-6(2)10-9(12)8(11)7-4-3-5-7;1-6(2)10-7(11)8(12)3-4-9-5-8;1-6(2)9-7(10)8(11)4-3-5-8;/h6-7,12H,4-5H2,1-3H3,(H,10,11);6-8,11H,3-5H2,1-2H3,(H,10,12);6,9,12H,3-5H2,1-2H3,(H,10,11);6,11H,3-5H2,1-2H3,(H,9,10);1H4. The van der Waals surface area contributed by atoms with Crippen LogP contribution in [0.25, 0.3) is 0 Å². The van der Waals surface area contributed by atoms with Gasteiger partial charge in [-0.2, -0.15) is 0 Å². The molecule has 0 aromatic rings. The molecule has 4 fully saturated rings. The molecule has 0 aromatic carbocycles. The Kier molecular flexibility index (Phi) is 19.4. The molecule has 1 heterocycles. The van der Waals surface area contributed by atoms with E-state index in [1.54, 1.807) is 0 Å². The molecule has 1 saturated heterocycles. The summed E-state index contributed by atoms with van der Waals surface area (Å²) in [5, 5.41) is 52.2. The lowest BCUT2D eigenvalue weighted by Crippen LogP contribution is -2.56. The van der Waals surface area contributed by atoms with Crippen molar-refractivity contribution in [3.63, 3.8) is 0 Å². The van der Waals surface area contributed by atoms with Crippen LogP contribution in [0.3, 0.4) is 0 Å². The van der Waals surface area contributed by atoms with Crippen LogP contribution in [0.2, 0.25) is 0 Å². The summed E-state index contributed by atoms with van der Waals surface area (Å²) in [6, 6.07) is 0.430. The smallest absolute Gasteiger partial charge is 0.253 e. The normalized spacial score (nSPS) is 25.9. The van der Waals surface area contributed by atoms with Gasteiger partial charge < -0.3 is 47.0 Å². The maximum atomic E-state index is 11.4. The molecule has 48 heavy (non-hydrogen) atoms. The van der Waals surface area contributed by atoms with Crippen molar-refractivity contribution in [2.75, 3.05) is 13.1 Å². The lowest BCUT2D eigenvalue weighted by molar-refractivity contribution is -0.154. The van der Waals surface area contributed by atoms with E-state index in [0.717, 1.165) is 25.7 Å². The molecule has 2 unspecified atom stereocenters. The van der Waals surface area contributed by atoms with Crippen molar-refractivity contribution in [3.8, 4) is 0 Å². The molecule has 0 aromatic heterocycles. The fourth-order valence-electron chi connectivity index (χ4n) is 5.42. The van der Waals surface area contributed by atoms with E-state index in [1.807, 2.05) is 62.3 Å². The Morgan fingerprint density at radius 2 is 1.06 bits per heavy atom. The summed E-state index contributed by atoms with van der Waals surface area (Å²) in [6.07, 6.45) is 6.26. The number of nitrogens with one attached hydrogen (secondary N) is 5. The number of amides is 4. The Bertz CT molecular complexity index is 999. The Hall–Kier alpha value is -2.32. The largest absolute Gasteiger partial charge is 0.383 e. The molecule has 3 aliphatic carbocycles. The lowest BCUT2D eigenvalue weighted by Gasteiger charge is -2.40. The van der Waals surface area contributed by atoms with Gasteiger partial charge in [0.25, 0.3) is 17.7 Å². The summed E-state index contributed by atoms with van der Waals surface area (Å²) in [6.45, 7) is 18.2. The van der Waals surface area contributed by atoms with Gasteiger partial charge in [-0.3, -0.25) is 19.2 Å². The number of carbonyl (C=O) groups excluding carboxylic acids is 4. The Morgan fingerprint density at radius 1 is 0.646 bits per heavy atom. The summed E-state index contributed by atoms with van der Waals surface area (Å²) in [5.74, 6) is -0.205. The lowest BCUT2D eigenvalue weighted by atomic mass is 9.71. The maximum absolute atomic E-state index is 11.4. The quantitative estimate of drug-likeness (QED) is 0.172. The topological polar surface area (TPSA) is 209 Å². The van der Waals surface area contributed by atoms with Gasteiger partial charge in [-0.05, 0) is 125 Å². The van der Waals surface area contributed by atoms with Gasteiger partial charge in [0.05, 0.1) is 0 Å². The Morgan fingerprint density at radius 3 is 1.35 bits per heavy atom. The molecule has 9 N–H and O–H groups in total. The molecule has 13 nitrogen and oxygen atoms in total. The van der Waals surface area contributed by atoms with Crippen LogP contribution in [-0.4, -0.2) is 104 Å². The summed E-state index contributed by atoms with van der Waals surface area (Å²) in [4.78, 5) is 45.1. The monoisotopic (exact) mass is 688 g/mol. The predicted molar refractivity (Wildman–Crippen MR) is 188 cm³/mol. The Labute approximate surface area is 289 Å². The molecule has 0 bridgehead atoms. The van der Waals surface area contributed by atoms with Crippen LogP contribution < -0.4 is 26.6 Å². The van der Waals surface area contributed by atoms with Gasteiger partial charge in [-0.25, -0.2) is 0 Å². The first-order valence-electron chi connectivity index (χ1n) is 17.4. The van der Waals surface area contributed by atoms with Gasteiger partial charge in [-0.15, -0.1) is 0 Å². The molecule has 4 amide bonds. The van der Waals surface area contributed by atoms with Crippen molar-refractivity contribution in [2.45, 2.75) is 175 Å². The summed E-state index contributed by atoms with van der Waals surface area (Å²) in [5.41, 5.74) is -3.28. The van der Waals surface area contributed by atoms with E-state index in [-0.39, 0.29) is 61.1 Å². The van der Waals surface area contributed by atoms with Gasteiger partial charge in [0.2, 0.25) is 5.91 Å². The van der Waals surface area contributed by atoms with Crippen LogP contribution in [0.15, 0.2) is 0 Å². The van der Waals surface area contributed by atoms with Crippen LogP contribution in [0.4, 0.5) is 0 Å². The van der Waals surface area contributed by atoms with E-state index < -0.39 is 22.9 Å². The van der Waals surface area contributed by atoms with Gasteiger partial charge in [0.15, 0.2) is 5.60 Å². The first-order chi connectivity index (χ1) is 21.6. The number of hydrogen-bond donors (Lipinski definition) is 9. The third kappa shape index (κ3) is 15.1. The molecular weight excluding hydrogens is 618 g/mol. The minimum atomic E-state index is -1.18. The summed E-state index contributed by atoms with van der Waals surface area (Å²) in [7, 11) is 0. The van der Waals surface area contributed by atoms with E-state index in [9.17, 15) is 39.6 Å². The van der Waals surface area contributed by atoms with Gasteiger partial charge in [0.1, 0.15) is 17.3 Å². The molecule has 1 aliphatic heterocycles. The molecule has 282 valence electrons. The summed E-state index contributed by atoms with van der Waals surface area (Å²) >= 11 is 0. The zero-order valence-electron chi connectivity index (χ0n) is 30.2. The number of aliphatic hydroxyl groups is 4. The van der Waals surface area contributed by atoms with Crippen LogP contribution in [-0.2, 0) is 19.2 Å². The zero-order chi connectivity index (χ0) is 36.2. The van der Waals surface area contributed by atoms with Crippen molar-refractivity contribution >= 4 is 23.6 Å². The second-order valence-electron chi connectivity index (χ2n) is 15.1. The first-order valence-corrected chi connectivity index (χ1v) is 17.4. The highest BCUT2D eigenvalue weighted by Gasteiger charge is 2.46. The molecule has 4 rings (SSSR count). The molecule has 0 spiro atoms. The van der Waals surface area contributed by atoms with E-state index in [0.29, 0.717) is 51.1 Å². The number of rotatable bonds is 9. The third-order valence-electron chi connectivity index (χ3n) is 8.51. The van der Waals surface area contributed by atoms with Crippen molar-refractivity contribution in [1.82, 2.24) is 26.6 Å². The molecule has 3 saturated carbocycles. The van der Waals surface area contributed by atoms with Gasteiger partial charge in [-0.1, -0.05) is 20.8 Å². The number of β-amino-alcohol motifs (C(OH)–C–C–N with tert-alkyl or cyclic N) is 1. The first kappa shape index (κ1) is 45.7. The van der Waals surface area contributed by atoms with E-state index in [1.165, 1.54) is 0 Å². The van der Waals surface area contributed by atoms with Crippen LogP contribution in [0.5, 0.6) is 0 Å².